The van der Waals surface area contributed by atoms with Crippen molar-refractivity contribution in [3.05, 3.63) is 0 Å². The molecule has 1 heterocycles. The fourth-order valence-corrected chi connectivity index (χ4v) is 9.67. The van der Waals surface area contributed by atoms with Gasteiger partial charge in [0.15, 0.2) is 12.4 Å². The molecule has 0 bridgehead atoms. The lowest BCUT2D eigenvalue weighted by Gasteiger charge is -2.47. The summed E-state index contributed by atoms with van der Waals surface area (Å²) in [5, 5.41) is 83.0. The van der Waals surface area contributed by atoms with Crippen LogP contribution in [-0.2, 0) is 42.1 Å². The minimum atomic E-state index is -5.37. The van der Waals surface area contributed by atoms with E-state index in [0.29, 0.717) is 12.8 Å². The molecule has 1 saturated carbocycles. The molecule has 68 heavy (non-hydrogen) atoms. The summed E-state index contributed by atoms with van der Waals surface area (Å²) >= 11 is 0. The highest BCUT2D eigenvalue weighted by Crippen LogP contribution is 2.48. The molecule has 0 radical (unpaired) electrons. The quantitative estimate of drug-likeness (QED) is 0.0184. The number of esters is 2. The fraction of sp³-hybridized carbons (Fsp3) is 0.959. The first-order valence-corrected chi connectivity index (χ1v) is 27.9. The van der Waals surface area contributed by atoms with E-state index in [9.17, 15) is 59.9 Å². The minimum Gasteiger partial charge on any atom is -0.462 e. The lowest BCUT2D eigenvalue weighted by molar-refractivity contribution is -0.338. The Balaban J connectivity index is 1.92. The highest BCUT2D eigenvalue weighted by atomic mass is 31.2. The maximum atomic E-state index is 13.4. The summed E-state index contributed by atoms with van der Waals surface area (Å²) in [5.41, 5.74) is 0. The third kappa shape index (κ3) is 25.9. The first-order valence-electron chi connectivity index (χ1n) is 26.4. The Morgan fingerprint density at radius 1 is 0.500 bits per heavy atom. The molecule has 2 unspecified atom stereocenters. The first-order chi connectivity index (χ1) is 32.7. The number of phosphoric ester groups is 1. The van der Waals surface area contributed by atoms with Crippen LogP contribution in [0.3, 0.4) is 0 Å². The third-order valence-electron chi connectivity index (χ3n) is 13.1. The molecule has 2 fully saturated rings. The zero-order valence-electron chi connectivity index (χ0n) is 41.4. The largest absolute Gasteiger partial charge is 0.472 e. The number of phosphoric acid groups is 1. The molecule has 0 aromatic heterocycles. The Morgan fingerprint density at radius 3 is 1.31 bits per heavy atom. The van der Waals surface area contributed by atoms with Crippen LogP contribution in [0, 0.1) is 0 Å². The van der Waals surface area contributed by atoms with E-state index < -0.39 is 113 Å². The zero-order valence-corrected chi connectivity index (χ0v) is 42.3. The molecule has 1 saturated heterocycles. The van der Waals surface area contributed by atoms with Gasteiger partial charge in [-0.05, 0) is 12.8 Å². The van der Waals surface area contributed by atoms with Gasteiger partial charge in [-0.3, -0.25) is 18.6 Å². The smallest absolute Gasteiger partial charge is 0.462 e. The predicted molar refractivity (Wildman–Crippen MR) is 254 cm³/mol. The summed E-state index contributed by atoms with van der Waals surface area (Å²) in [5.74, 6) is -1.20. The van der Waals surface area contributed by atoms with Gasteiger partial charge in [-0.25, -0.2) is 4.57 Å². The molecule has 1 aliphatic carbocycles. The third-order valence-corrected chi connectivity index (χ3v) is 14.0. The second kappa shape index (κ2) is 37.4. The molecule has 0 amide bonds. The highest BCUT2D eigenvalue weighted by Gasteiger charge is 2.55. The monoisotopic (exact) mass is 1000 g/mol. The van der Waals surface area contributed by atoms with Gasteiger partial charge in [0, 0.05) is 12.8 Å². The number of ether oxygens (including phenoxy) is 4. The van der Waals surface area contributed by atoms with Crippen LogP contribution in [-0.4, -0.2) is 151 Å². The summed E-state index contributed by atoms with van der Waals surface area (Å²) < 4.78 is 45.5. The summed E-state index contributed by atoms with van der Waals surface area (Å²) in [7, 11) is -5.37. The number of aliphatic hydroxyl groups excluding tert-OH is 8. The Kier molecular flexibility index (Phi) is 34.5. The Hall–Kier alpha value is -1.35. The molecule has 402 valence electrons. The van der Waals surface area contributed by atoms with E-state index in [-0.39, 0.29) is 12.8 Å². The molecule has 2 rings (SSSR count). The van der Waals surface area contributed by atoms with Crippen LogP contribution in [0.4, 0.5) is 0 Å². The lowest BCUT2D eigenvalue weighted by Crippen LogP contribution is -2.67. The average Bonchev–Trinajstić information content (AvgIpc) is 3.32. The molecule has 19 heteroatoms. The Bertz CT molecular complexity index is 1330. The molecule has 13 atom stereocenters. The van der Waals surface area contributed by atoms with Crippen molar-refractivity contribution >= 4 is 19.8 Å². The van der Waals surface area contributed by atoms with Crippen LogP contribution in [0.1, 0.15) is 206 Å². The maximum Gasteiger partial charge on any atom is 0.472 e. The summed E-state index contributed by atoms with van der Waals surface area (Å²) in [6.45, 7) is 2.25. The number of rotatable bonds is 41. The number of aliphatic hydroxyl groups is 8. The standard InChI is InChI=1S/C49H93O18P/c1-3-5-7-9-11-13-15-17-18-20-21-23-25-27-29-31-38(51)62-34-36(64-39(52)32-30-28-26-24-22-19-16-14-12-10-8-6-4-2)35-63-68(60,61)67-48-45(58)43(56)42(55)44(57)47(48)66-49-46(59)41(54)40(53)37(33-50)65-49/h36-37,40-50,53-59H,3-35H2,1-2H3,(H,60,61)/t36-,37-,40-,41+,42+,43+,44-,45-,46+,47+,48-,49?/m1/s1. The average molecular weight is 1000 g/mol. The van der Waals surface area contributed by atoms with Crippen molar-refractivity contribution in [1.29, 1.82) is 0 Å². The summed E-state index contributed by atoms with van der Waals surface area (Å²) in [4.78, 5) is 36.6. The maximum absolute atomic E-state index is 13.4. The van der Waals surface area contributed by atoms with E-state index in [1.807, 2.05) is 0 Å². The van der Waals surface area contributed by atoms with Crippen LogP contribution < -0.4 is 0 Å². The molecule has 0 aromatic rings. The molecular formula is C49H93O18P. The highest BCUT2D eigenvalue weighted by molar-refractivity contribution is 7.47. The van der Waals surface area contributed by atoms with Crippen molar-refractivity contribution in [1.82, 2.24) is 0 Å². The van der Waals surface area contributed by atoms with Gasteiger partial charge in [0.2, 0.25) is 0 Å². The molecule has 0 spiro atoms. The molecule has 9 N–H and O–H groups in total. The van der Waals surface area contributed by atoms with Gasteiger partial charge in [-0.1, -0.05) is 181 Å². The zero-order chi connectivity index (χ0) is 50.2. The van der Waals surface area contributed by atoms with E-state index >= 15 is 0 Å². The number of hydrogen-bond donors (Lipinski definition) is 9. The van der Waals surface area contributed by atoms with E-state index in [0.717, 1.165) is 51.4 Å². The van der Waals surface area contributed by atoms with Gasteiger partial charge in [0.1, 0.15) is 67.6 Å². The van der Waals surface area contributed by atoms with Crippen LogP contribution >= 0.6 is 7.82 Å². The Morgan fingerprint density at radius 2 is 0.882 bits per heavy atom. The van der Waals surface area contributed by atoms with E-state index in [1.165, 1.54) is 116 Å². The second-order valence-electron chi connectivity index (χ2n) is 19.1. The van der Waals surface area contributed by atoms with Crippen molar-refractivity contribution in [2.45, 2.75) is 280 Å². The van der Waals surface area contributed by atoms with Crippen molar-refractivity contribution in [3.63, 3.8) is 0 Å². The number of hydrogen-bond acceptors (Lipinski definition) is 17. The Labute approximate surface area is 406 Å². The van der Waals surface area contributed by atoms with Crippen molar-refractivity contribution in [2.75, 3.05) is 19.8 Å². The first kappa shape index (κ1) is 62.8. The normalized spacial score (nSPS) is 27.7. The predicted octanol–water partition coefficient (Wildman–Crippen LogP) is 6.33. The van der Waals surface area contributed by atoms with Gasteiger partial charge in [0.05, 0.1) is 13.2 Å². The van der Waals surface area contributed by atoms with Crippen molar-refractivity contribution in [3.8, 4) is 0 Å². The minimum absolute atomic E-state index is 0.0396. The SMILES string of the molecule is CCCCCCCCCCCCCCCCCC(=O)OC[C@H](COP(=O)(O)O[C@@H]1[C@H](O)[C@@H](O)[C@H](O)[C@@H](O)[C@@H]1OC1O[C@H](CO)[C@@H](O)[C@H](O)[C@@H]1O)OC(=O)CCCCCCCCCCCCCCC. The van der Waals surface area contributed by atoms with Crippen LogP contribution in [0.5, 0.6) is 0 Å². The molecule has 1 aliphatic heterocycles. The number of unbranched alkanes of at least 4 members (excludes halogenated alkanes) is 26. The van der Waals surface area contributed by atoms with E-state index in [4.69, 9.17) is 28.0 Å². The van der Waals surface area contributed by atoms with Gasteiger partial charge < -0.3 is 64.7 Å². The summed E-state index contributed by atoms with van der Waals surface area (Å²) in [6, 6.07) is 0. The van der Waals surface area contributed by atoms with E-state index in [2.05, 4.69) is 13.8 Å². The molecular weight excluding hydrogens is 907 g/mol. The van der Waals surface area contributed by atoms with E-state index in [1.54, 1.807) is 0 Å². The molecule has 18 nitrogen and oxygen atoms in total. The van der Waals surface area contributed by atoms with Crippen LogP contribution in [0.25, 0.3) is 0 Å². The van der Waals surface area contributed by atoms with Gasteiger partial charge in [-0.2, -0.15) is 0 Å². The van der Waals surface area contributed by atoms with Gasteiger partial charge >= 0.3 is 19.8 Å². The lowest BCUT2D eigenvalue weighted by atomic mass is 9.84. The van der Waals surface area contributed by atoms with Crippen molar-refractivity contribution < 1.29 is 87.9 Å². The fourth-order valence-electron chi connectivity index (χ4n) is 8.70. The van der Waals surface area contributed by atoms with Crippen LogP contribution in [0.2, 0.25) is 0 Å². The van der Waals surface area contributed by atoms with Gasteiger partial charge in [-0.15, -0.1) is 0 Å². The van der Waals surface area contributed by atoms with Crippen LogP contribution in [0.15, 0.2) is 0 Å². The number of carbonyl (C=O) groups excluding carboxylic acids is 2. The van der Waals surface area contributed by atoms with Gasteiger partial charge in [0.25, 0.3) is 0 Å². The van der Waals surface area contributed by atoms with Crippen molar-refractivity contribution in [2.24, 2.45) is 0 Å². The summed E-state index contributed by atoms with van der Waals surface area (Å²) in [6.07, 6.45) is 8.94. The molecule has 2 aliphatic rings. The second-order valence-corrected chi connectivity index (χ2v) is 20.5. The number of carbonyl (C=O) groups is 2. The molecule has 0 aromatic carbocycles. The topological polar surface area (TPSA) is 289 Å².